The molecule has 1 amide bonds. The summed E-state index contributed by atoms with van der Waals surface area (Å²) in [5.74, 6) is -0.137. The normalized spacial score (nSPS) is 15.4. The second-order valence-electron chi connectivity index (χ2n) is 5.91. The van der Waals surface area contributed by atoms with Gasteiger partial charge in [-0.2, -0.15) is 4.31 Å². The molecule has 1 N–H and O–H groups in total. The van der Waals surface area contributed by atoms with Crippen molar-refractivity contribution in [2.45, 2.75) is 30.0 Å². The highest BCUT2D eigenvalue weighted by atomic mass is 35.5. The van der Waals surface area contributed by atoms with E-state index in [1.165, 1.54) is 15.6 Å². The average molecular weight is 399 g/mol. The van der Waals surface area contributed by atoms with E-state index in [-0.39, 0.29) is 12.3 Å². The van der Waals surface area contributed by atoms with E-state index in [1.807, 2.05) is 12.1 Å². The molecule has 1 aliphatic rings. The van der Waals surface area contributed by atoms with Gasteiger partial charge in [0.25, 0.3) is 10.0 Å². The third-order valence-corrected chi connectivity index (χ3v) is 7.74. The molecule has 0 radical (unpaired) electrons. The van der Waals surface area contributed by atoms with Crippen molar-refractivity contribution in [3.8, 4) is 0 Å². The molecule has 1 aromatic carbocycles. The molecular weight excluding hydrogens is 380 g/mol. The highest BCUT2D eigenvalue weighted by Crippen LogP contribution is 2.27. The Kier molecular flexibility index (Phi) is 5.78. The van der Waals surface area contributed by atoms with Gasteiger partial charge in [0, 0.05) is 29.5 Å². The molecule has 134 valence electrons. The predicted octanol–water partition coefficient (Wildman–Crippen LogP) is 3.04. The summed E-state index contributed by atoms with van der Waals surface area (Å²) >= 11 is 7.00. The predicted molar refractivity (Wildman–Crippen MR) is 99.3 cm³/mol. The maximum Gasteiger partial charge on any atom is 0.252 e. The van der Waals surface area contributed by atoms with E-state index in [4.69, 9.17) is 11.6 Å². The summed E-state index contributed by atoms with van der Waals surface area (Å²) in [4.78, 5) is 12.8. The van der Waals surface area contributed by atoms with Crippen molar-refractivity contribution in [2.75, 3.05) is 13.1 Å². The lowest BCUT2D eigenvalue weighted by molar-refractivity contribution is -0.120. The van der Waals surface area contributed by atoms with E-state index in [1.54, 1.807) is 24.3 Å². The fourth-order valence-corrected chi connectivity index (χ4v) is 5.82. The number of nitrogens with zero attached hydrogens (tertiary/aromatic N) is 1. The Hall–Kier alpha value is -1.41. The monoisotopic (exact) mass is 398 g/mol. The van der Waals surface area contributed by atoms with E-state index >= 15 is 0 Å². The van der Waals surface area contributed by atoms with E-state index < -0.39 is 10.0 Å². The zero-order valence-electron chi connectivity index (χ0n) is 13.6. The van der Waals surface area contributed by atoms with Crippen LogP contribution in [0.1, 0.15) is 23.3 Å². The van der Waals surface area contributed by atoms with Gasteiger partial charge in [-0.3, -0.25) is 4.79 Å². The summed E-state index contributed by atoms with van der Waals surface area (Å²) in [6.45, 7) is 1.58. The quantitative estimate of drug-likeness (QED) is 0.813. The van der Waals surface area contributed by atoms with Gasteiger partial charge in [0.2, 0.25) is 5.91 Å². The van der Waals surface area contributed by atoms with E-state index in [2.05, 4.69) is 5.32 Å². The van der Waals surface area contributed by atoms with Gasteiger partial charge in [0.05, 0.1) is 6.42 Å². The lowest BCUT2D eigenvalue weighted by atomic mass is 10.2. The number of nitrogens with one attached hydrogen (secondary N) is 1. The highest BCUT2D eigenvalue weighted by Gasteiger charge is 2.28. The Bertz CT molecular complexity index is 841. The summed E-state index contributed by atoms with van der Waals surface area (Å²) in [6, 6.07) is 10.6. The number of halogens is 1. The number of thiophene rings is 1. The van der Waals surface area contributed by atoms with Crippen LogP contribution in [0.3, 0.4) is 0 Å². The van der Waals surface area contributed by atoms with Gasteiger partial charge < -0.3 is 5.32 Å². The van der Waals surface area contributed by atoms with Crippen molar-refractivity contribution < 1.29 is 13.2 Å². The van der Waals surface area contributed by atoms with Gasteiger partial charge in [0.15, 0.2) is 0 Å². The van der Waals surface area contributed by atoms with E-state index in [0.29, 0.717) is 28.9 Å². The first-order valence-corrected chi connectivity index (χ1v) is 10.7. The molecule has 1 fully saturated rings. The minimum absolute atomic E-state index is 0.137. The number of carbonyl (C=O) groups is 1. The largest absolute Gasteiger partial charge is 0.352 e. The molecule has 1 aliphatic heterocycles. The van der Waals surface area contributed by atoms with Crippen LogP contribution in [0.5, 0.6) is 0 Å². The summed E-state index contributed by atoms with van der Waals surface area (Å²) in [5.41, 5.74) is 0.959. The number of sulfonamides is 1. The van der Waals surface area contributed by atoms with Gasteiger partial charge in [-0.1, -0.05) is 23.7 Å². The Morgan fingerprint density at radius 3 is 2.48 bits per heavy atom. The van der Waals surface area contributed by atoms with Gasteiger partial charge >= 0.3 is 0 Å². The third kappa shape index (κ3) is 4.61. The van der Waals surface area contributed by atoms with Crippen LogP contribution in [-0.4, -0.2) is 31.7 Å². The molecule has 2 aromatic rings. The minimum Gasteiger partial charge on any atom is -0.352 e. The van der Waals surface area contributed by atoms with Crippen LogP contribution in [0.25, 0.3) is 0 Å². The van der Waals surface area contributed by atoms with Gasteiger partial charge in [-0.15, -0.1) is 11.3 Å². The van der Waals surface area contributed by atoms with Crippen LogP contribution in [0, 0.1) is 0 Å². The van der Waals surface area contributed by atoms with Crippen LogP contribution >= 0.6 is 22.9 Å². The average Bonchev–Trinajstić information content (AvgIpc) is 3.26. The fourth-order valence-electron chi connectivity index (χ4n) is 2.67. The first-order valence-electron chi connectivity index (χ1n) is 8.05. The lowest BCUT2D eigenvalue weighted by Gasteiger charge is -2.13. The minimum atomic E-state index is -3.41. The molecule has 5 nitrogen and oxygen atoms in total. The Morgan fingerprint density at radius 1 is 1.12 bits per heavy atom. The van der Waals surface area contributed by atoms with Crippen LogP contribution in [-0.2, 0) is 27.8 Å². The maximum absolute atomic E-state index is 12.5. The van der Waals surface area contributed by atoms with Gasteiger partial charge in [0.1, 0.15) is 4.21 Å². The summed E-state index contributed by atoms with van der Waals surface area (Å²) in [7, 11) is -3.41. The van der Waals surface area contributed by atoms with Crippen LogP contribution in [0.2, 0.25) is 5.02 Å². The third-order valence-electron chi connectivity index (χ3n) is 4.03. The smallest absolute Gasteiger partial charge is 0.252 e. The highest BCUT2D eigenvalue weighted by molar-refractivity contribution is 7.91. The molecule has 8 heteroatoms. The standard InChI is InChI=1S/C17H19ClN2O3S2/c18-14-5-3-13(4-6-14)12-19-16(21)11-15-7-8-17(24-15)25(22,23)20-9-1-2-10-20/h3-8H,1-2,9-12H2,(H,19,21). The zero-order chi connectivity index (χ0) is 17.9. The zero-order valence-corrected chi connectivity index (χ0v) is 16.0. The topological polar surface area (TPSA) is 66.5 Å². The number of carbonyl (C=O) groups excluding carboxylic acids is 1. The fraction of sp³-hybridized carbons (Fsp3) is 0.353. The summed E-state index contributed by atoms with van der Waals surface area (Å²) < 4.78 is 26.8. The number of benzene rings is 1. The van der Waals surface area contributed by atoms with Crippen LogP contribution < -0.4 is 5.32 Å². The molecule has 0 saturated carbocycles. The molecule has 0 aliphatic carbocycles. The molecular formula is C17H19ClN2O3S2. The number of hydrogen-bond donors (Lipinski definition) is 1. The van der Waals surface area contributed by atoms with Crippen molar-refractivity contribution in [1.29, 1.82) is 0 Å². The van der Waals surface area contributed by atoms with E-state index in [0.717, 1.165) is 23.3 Å². The van der Waals surface area contributed by atoms with Crippen molar-refractivity contribution in [3.05, 3.63) is 51.9 Å². The molecule has 1 saturated heterocycles. The van der Waals surface area contributed by atoms with Gasteiger partial charge in [-0.25, -0.2) is 8.42 Å². The second-order valence-corrected chi connectivity index (χ2v) is 9.68. The van der Waals surface area contributed by atoms with Crippen molar-refractivity contribution >= 4 is 38.9 Å². The maximum atomic E-state index is 12.5. The Labute approximate surface area is 156 Å². The lowest BCUT2D eigenvalue weighted by Crippen LogP contribution is -2.27. The number of rotatable bonds is 6. The molecule has 2 heterocycles. The second kappa shape index (κ2) is 7.86. The van der Waals surface area contributed by atoms with Gasteiger partial charge in [-0.05, 0) is 42.7 Å². The van der Waals surface area contributed by atoms with Crippen molar-refractivity contribution in [1.82, 2.24) is 9.62 Å². The molecule has 1 aromatic heterocycles. The molecule has 3 rings (SSSR count). The molecule has 0 bridgehead atoms. The van der Waals surface area contributed by atoms with E-state index in [9.17, 15) is 13.2 Å². The van der Waals surface area contributed by atoms with Crippen LogP contribution in [0.4, 0.5) is 0 Å². The number of hydrogen-bond acceptors (Lipinski definition) is 4. The molecule has 0 unspecified atom stereocenters. The Morgan fingerprint density at radius 2 is 1.80 bits per heavy atom. The SMILES string of the molecule is O=C(Cc1ccc(S(=O)(=O)N2CCCC2)s1)NCc1ccc(Cl)cc1. The Balaban J connectivity index is 1.57. The molecule has 0 spiro atoms. The first-order chi connectivity index (χ1) is 11.9. The summed E-state index contributed by atoms with van der Waals surface area (Å²) in [5, 5.41) is 3.49. The van der Waals surface area contributed by atoms with Crippen LogP contribution in [0.15, 0.2) is 40.6 Å². The summed E-state index contributed by atoms with van der Waals surface area (Å²) in [6.07, 6.45) is 1.99. The molecule has 0 atom stereocenters. The van der Waals surface area contributed by atoms with Crippen molar-refractivity contribution in [3.63, 3.8) is 0 Å². The number of amides is 1. The van der Waals surface area contributed by atoms with Crippen molar-refractivity contribution in [2.24, 2.45) is 0 Å². The first kappa shape index (κ1) is 18.4. The molecule has 25 heavy (non-hydrogen) atoms.